The Hall–Kier alpha value is -2.22. The third-order valence-corrected chi connectivity index (χ3v) is 2.83. The van der Waals surface area contributed by atoms with Gasteiger partial charge in [-0.25, -0.2) is 9.97 Å². The van der Waals surface area contributed by atoms with Crippen molar-refractivity contribution in [3.8, 4) is 11.6 Å². The van der Waals surface area contributed by atoms with E-state index in [0.29, 0.717) is 0 Å². The normalized spacial score (nSPS) is 10.1. The van der Waals surface area contributed by atoms with Crippen molar-refractivity contribution in [3.63, 3.8) is 0 Å². The molecule has 0 aliphatic rings. The van der Waals surface area contributed by atoms with Gasteiger partial charge in [-0.15, -0.1) is 0 Å². The predicted octanol–water partition coefficient (Wildman–Crippen LogP) is 2.52. The summed E-state index contributed by atoms with van der Waals surface area (Å²) in [6.07, 6.45) is 2.83. The maximum Gasteiger partial charge on any atom is 0.287 e. The van der Waals surface area contributed by atoms with Gasteiger partial charge in [-0.3, -0.25) is 10.1 Å². The SMILES string of the molecule is Nc1nccnc1Oc1cccc([N+](=O)[O-])c1Br. The molecule has 0 atom stereocenters. The zero-order chi connectivity index (χ0) is 13.1. The van der Waals surface area contributed by atoms with Crippen LogP contribution in [0.1, 0.15) is 0 Å². The largest absolute Gasteiger partial charge is 0.434 e. The first-order chi connectivity index (χ1) is 8.59. The molecule has 92 valence electrons. The van der Waals surface area contributed by atoms with Crippen molar-refractivity contribution in [2.45, 2.75) is 0 Å². The van der Waals surface area contributed by atoms with E-state index >= 15 is 0 Å². The Bertz CT molecular complexity index is 605. The van der Waals surface area contributed by atoms with Crippen molar-refractivity contribution in [2.24, 2.45) is 0 Å². The molecule has 2 rings (SSSR count). The number of ether oxygens (including phenoxy) is 1. The Labute approximate surface area is 110 Å². The summed E-state index contributed by atoms with van der Waals surface area (Å²) in [6.45, 7) is 0. The Morgan fingerprint density at radius 1 is 1.33 bits per heavy atom. The number of halogens is 1. The van der Waals surface area contributed by atoms with Crippen molar-refractivity contribution in [3.05, 3.63) is 45.2 Å². The molecule has 1 aromatic carbocycles. The van der Waals surface area contributed by atoms with E-state index in [9.17, 15) is 10.1 Å². The minimum absolute atomic E-state index is 0.0960. The van der Waals surface area contributed by atoms with E-state index in [0.717, 1.165) is 0 Å². The number of aromatic nitrogens is 2. The van der Waals surface area contributed by atoms with Gasteiger partial charge in [0, 0.05) is 18.5 Å². The van der Waals surface area contributed by atoms with Gasteiger partial charge in [0.1, 0.15) is 4.47 Å². The summed E-state index contributed by atoms with van der Waals surface area (Å²) in [7, 11) is 0. The number of nitro benzene ring substituents is 1. The molecule has 2 aromatic rings. The molecule has 8 heteroatoms. The summed E-state index contributed by atoms with van der Waals surface area (Å²) in [4.78, 5) is 17.9. The first kappa shape index (κ1) is 12.2. The summed E-state index contributed by atoms with van der Waals surface area (Å²) in [5, 5.41) is 10.8. The first-order valence-electron chi connectivity index (χ1n) is 4.77. The van der Waals surface area contributed by atoms with Crippen LogP contribution < -0.4 is 10.5 Å². The highest BCUT2D eigenvalue weighted by Crippen LogP contribution is 2.36. The fourth-order valence-corrected chi connectivity index (χ4v) is 1.73. The molecule has 0 saturated heterocycles. The molecular formula is C10H7BrN4O3. The summed E-state index contributed by atoms with van der Waals surface area (Å²) >= 11 is 3.11. The second-order valence-corrected chi connectivity index (χ2v) is 3.99. The average molecular weight is 311 g/mol. The molecule has 1 aromatic heterocycles. The van der Waals surface area contributed by atoms with E-state index in [1.165, 1.54) is 24.5 Å². The van der Waals surface area contributed by atoms with Gasteiger partial charge in [0.25, 0.3) is 11.6 Å². The maximum atomic E-state index is 10.8. The lowest BCUT2D eigenvalue weighted by atomic mass is 10.3. The van der Waals surface area contributed by atoms with Crippen LogP contribution in [0.4, 0.5) is 11.5 Å². The van der Waals surface area contributed by atoms with Crippen LogP contribution in [0, 0.1) is 10.1 Å². The van der Waals surface area contributed by atoms with Crippen LogP contribution in [0.5, 0.6) is 11.6 Å². The fourth-order valence-electron chi connectivity index (χ4n) is 1.24. The van der Waals surface area contributed by atoms with Crippen LogP contribution in [0.2, 0.25) is 0 Å². The lowest BCUT2D eigenvalue weighted by molar-refractivity contribution is -0.385. The Morgan fingerprint density at radius 2 is 2.06 bits per heavy atom. The third kappa shape index (κ3) is 2.38. The molecule has 2 N–H and O–H groups in total. The van der Waals surface area contributed by atoms with Crippen molar-refractivity contribution in [1.82, 2.24) is 9.97 Å². The molecule has 18 heavy (non-hydrogen) atoms. The molecule has 0 aliphatic carbocycles. The van der Waals surface area contributed by atoms with Crippen LogP contribution in [-0.4, -0.2) is 14.9 Å². The topological polar surface area (TPSA) is 104 Å². The predicted molar refractivity (Wildman–Crippen MR) is 67.3 cm³/mol. The van der Waals surface area contributed by atoms with Gasteiger partial charge in [0.2, 0.25) is 0 Å². The first-order valence-corrected chi connectivity index (χ1v) is 5.56. The molecule has 0 amide bonds. The van der Waals surface area contributed by atoms with E-state index < -0.39 is 4.92 Å². The Morgan fingerprint density at radius 3 is 2.72 bits per heavy atom. The summed E-state index contributed by atoms with van der Waals surface area (Å²) in [5.41, 5.74) is 5.47. The van der Waals surface area contributed by atoms with Gasteiger partial charge in [0.15, 0.2) is 11.6 Å². The number of nitrogen functional groups attached to an aromatic ring is 1. The van der Waals surface area contributed by atoms with E-state index in [2.05, 4.69) is 25.9 Å². The number of nitrogens with zero attached hydrogens (tertiary/aromatic N) is 3. The number of nitro groups is 1. The standard InChI is InChI=1S/C10H7BrN4O3/c11-8-6(15(16)17)2-1-3-7(8)18-10-9(12)13-4-5-14-10/h1-5H,(H2,12,13). The summed E-state index contributed by atoms with van der Waals surface area (Å²) < 4.78 is 5.60. The molecule has 0 radical (unpaired) electrons. The summed E-state index contributed by atoms with van der Waals surface area (Å²) in [6, 6.07) is 4.42. The summed E-state index contributed by atoms with van der Waals surface area (Å²) in [5.74, 6) is 0.450. The Balaban J connectivity index is 2.39. The number of hydrogen-bond donors (Lipinski definition) is 1. The van der Waals surface area contributed by atoms with E-state index in [1.807, 2.05) is 0 Å². The van der Waals surface area contributed by atoms with Crippen LogP contribution in [-0.2, 0) is 0 Å². The maximum absolute atomic E-state index is 10.8. The number of nitrogens with two attached hydrogens (primary N) is 1. The van der Waals surface area contributed by atoms with Gasteiger partial charge in [-0.05, 0) is 22.0 Å². The zero-order valence-electron chi connectivity index (χ0n) is 8.91. The van der Waals surface area contributed by atoms with E-state index in [-0.39, 0.29) is 27.6 Å². The van der Waals surface area contributed by atoms with Crippen LogP contribution in [0.25, 0.3) is 0 Å². The van der Waals surface area contributed by atoms with E-state index in [1.54, 1.807) is 6.07 Å². The quantitative estimate of drug-likeness (QED) is 0.690. The third-order valence-electron chi connectivity index (χ3n) is 2.04. The van der Waals surface area contributed by atoms with Crippen molar-refractivity contribution in [1.29, 1.82) is 0 Å². The zero-order valence-corrected chi connectivity index (χ0v) is 10.5. The van der Waals surface area contributed by atoms with Gasteiger partial charge in [0.05, 0.1) is 4.92 Å². The number of hydrogen-bond acceptors (Lipinski definition) is 6. The lowest BCUT2D eigenvalue weighted by Crippen LogP contribution is -1.98. The highest BCUT2D eigenvalue weighted by atomic mass is 79.9. The second-order valence-electron chi connectivity index (χ2n) is 3.20. The number of rotatable bonds is 3. The average Bonchev–Trinajstić information content (AvgIpc) is 2.34. The van der Waals surface area contributed by atoms with Gasteiger partial charge in [-0.1, -0.05) is 6.07 Å². The van der Waals surface area contributed by atoms with Crippen molar-refractivity contribution in [2.75, 3.05) is 5.73 Å². The highest BCUT2D eigenvalue weighted by molar-refractivity contribution is 9.10. The minimum Gasteiger partial charge on any atom is -0.434 e. The van der Waals surface area contributed by atoms with Crippen molar-refractivity contribution < 1.29 is 9.66 Å². The number of benzene rings is 1. The van der Waals surface area contributed by atoms with Crippen LogP contribution >= 0.6 is 15.9 Å². The smallest absolute Gasteiger partial charge is 0.287 e. The van der Waals surface area contributed by atoms with Crippen LogP contribution in [0.15, 0.2) is 35.1 Å². The molecule has 0 aliphatic heterocycles. The van der Waals surface area contributed by atoms with Crippen LogP contribution in [0.3, 0.4) is 0 Å². The molecular weight excluding hydrogens is 304 g/mol. The monoisotopic (exact) mass is 310 g/mol. The van der Waals surface area contributed by atoms with Gasteiger partial charge < -0.3 is 10.5 Å². The molecule has 0 spiro atoms. The molecule has 0 unspecified atom stereocenters. The Kier molecular flexibility index (Phi) is 3.38. The lowest BCUT2D eigenvalue weighted by Gasteiger charge is -2.07. The fraction of sp³-hybridized carbons (Fsp3) is 0. The van der Waals surface area contributed by atoms with Crippen molar-refractivity contribution >= 4 is 27.4 Å². The van der Waals surface area contributed by atoms with Gasteiger partial charge >= 0.3 is 0 Å². The minimum atomic E-state index is -0.517. The highest BCUT2D eigenvalue weighted by Gasteiger charge is 2.17. The van der Waals surface area contributed by atoms with Gasteiger partial charge in [-0.2, -0.15) is 0 Å². The molecule has 7 nitrogen and oxygen atoms in total. The number of anilines is 1. The molecule has 0 bridgehead atoms. The second kappa shape index (κ2) is 4.96. The molecule has 1 heterocycles. The van der Waals surface area contributed by atoms with E-state index in [4.69, 9.17) is 10.5 Å². The molecule has 0 saturated carbocycles. The molecule has 0 fully saturated rings.